The van der Waals surface area contributed by atoms with Gasteiger partial charge in [0.25, 0.3) is 0 Å². The Balaban J connectivity index is 3.37. The molecule has 3 heteroatoms. The van der Waals surface area contributed by atoms with Crippen LogP contribution in [0.1, 0.15) is 22.8 Å². The van der Waals surface area contributed by atoms with E-state index in [1.165, 1.54) is 13.8 Å². The van der Waals surface area contributed by atoms with Crippen molar-refractivity contribution in [2.75, 3.05) is 0 Å². The fraction of sp³-hybridized carbons (Fsp3) is 0.222. The molecule has 0 saturated heterocycles. The predicted molar refractivity (Wildman–Crippen MR) is 41.1 cm³/mol. The van der Waals surface area contributed by atoms with Gasteiger partial charge >= 0.3 is 0 Å². The molecule has 0 saturated carbocycles. The molecule has 1 aromatic carbocycles. The zero-order chi connectivity index (χ0) is 9.30. The average Bonchev–Trinajstić information content (AvgIpc) is 1.96. The van der Waals surface area contributed by atoms with E-state index in [4.69, 9.17) is 0 Å². The van der Waals surface area contributed by atoms with Gasteiger partial charge in [-0.05, 0) is 31.5 Å². The van der Waals surface area contributed by atoms with Crippen molar-refractivity contribution in [1.82, 2.24) is 0 Å². The summed E-state index contributed by atoms with van der Waals surface area (Å²) in [6.07, 6.45) is 0. The first-order valence-electron chi connectivity index (χ1n) is 3.49. The van der Waals surface area contributed by atoms with Crippen LogP contribution in [0.25, 0.3) is 0 Å². The first-order valence-corrected chi connectivity index (χ1v) is 3.49. The topological polar surface area (TPSA) is 17.1 Å². The minimum atomic E-state index is -0.635. The van der Waals surface area contributed by atoms with Crippen LogP contribution in [0.2, 0.25) is 0 Å². The summed E-state index contributed by atoms with van der Waals surface area (Å²) >= 11 is 0. The summed E-state index contributed by atoms with van der Waals surface area (Å²) < 4.78 is 25.7. The Morgan fingerprint density at radius 2 is 1.92 bits per heavy atom. The highest BCUT2D eigenvalue weighted by Gasteiger charge is 2.11. The third-order valence-corrected chi connectivity index (χ3v) is 1.60. The van der Waals surface area contributed by atoms with Gasteiger partial charge in [0, 0.05) is 0 Å². The zero-order valence-corrected chi connectivity index (χ0v) is 6.82. The van der Waals surface area contributed by atoms with Crippen LogP contribution >= 0.6 is 0 Å². The van der Waals surface area contributed by atoms with E-state index in [2.05, 4.69) is 0 Å². The van der Waals surface area contributed by atoms with E-state index >= 15 is 0 Å². The first-order chi connectivity index (χ1) is 5.52. The van der Waals surface area contributed by atoms with Crippen LogP contribution < -0.4 is 0 Å². The summed E-state index contributed by atoms with van der Waals surface area (Å²) in [7, 11) is 0. The Morgan fingerprint density at radius 1 is 1.33 bits per heavy atom. The third kappa shape index (κ3) is 1.49. The second kappa shape index (κ2) is 3.01. The number of benzene rings is 1. The summed E-state index contributed by atoms with van der Waals surface area (Å²) in [5, 5.41) is 0. The van der Waals surface area contributed by atoms with Crippen molar-refractivity contribution >= 4 is 5.78 Å². The van der Waals surface area contributed by atoms with E-state index in [9.17, 15) is 13.6 Å². The number of carbonyl (C=O) groups excluding carboxylic acids is 1. The standard InChI is InChI=1S/C9H8F2O/c1-5-3-7(10)4-8(6(2)12)9(5)11/h3-4H,1-2H3. The van der Waals surface area contributed by atoms with Crippen LogP contribution in [0, 0.1) is 18.6 Å². The van der Waals surface area contributed by atoms with Gasteiger partial charge in [-0.2, -0.15) is 0 Å². The van der Waals surface area contributed by atoms with Crippen LogP contribution in [0.15, 0.2) is 12.1 Å². The Bertz CT molecular complexity index is 332. The SMILES string of the molecule is CC(=O)c1cc(F)cc(C)c1F. The molecule has 0 radical (unpaired) electrons. The van der Waals surface area contributed by atoms with Crippen molar-refractivity contribution in [2.45, 2.75) is 13.8 Å². The molecule has 1 rings (SSSR count). The Labute approximate surface area is 69.0 Å². The molecule has 0 N–H and O–H groups in total. The number of ketones is 1. The van der Waals surface area contributed by atoms with E-state index in [0.717, 1.165) is 12.1 Å². The molecule has 0 aliphatic rings. The number of halogens is 2. The lowest BCUT2D eigenvalue weighted by molar-refractivity contribution is 0.101. The van der Waals surface area contributed by atoms with E-state index in [1.807, 2.05) is 0 Å². The molecule has 0 atom stereocenters. The maximum Gasteiger partial charge on any atom is 0.162 e. The van der Waals surface area contributed by atoms with E-state index < -0.39 is 17.4 Å². The van der Waals surface area contributed by atoms with Gasteiger partial charge in [0.2, 0.25) is 0 Å². The lowest BCUT2D eigenvalue weighted by Crippen LogP contribution is -2.00. The molecule has 12 heavy (non-hydrogen) atoms. The lowest BCUT2D eigenvalue weighted by Gasteiger charge is -2.01. The molecule has 0 spiro atoms. The molecule has 0 bridgehead atoms. The summed E-state index contributed by atoms with van der Waals surface area (Å²) in [5.41, 5.74) is -0.0345. The van der Waals surface area contributed by atoms with Crippen LogP contribution in [-0.4, -0.2) is 5.78 Å². The fourth-order valence-electron chi connectivity index (χ4n) is 0.982. The number of hydrogen-bond acceptors (Lipinski definition) is 1. The molecule has 0 amide bonds. The van der Waals surface area contributed by atoms with E-state index in [-0.39, 0.29) is 11.1 Å². The van der Waals surface area contributed by atoms with Gasteiger partial charge in [-0.1, -0.05) is 0 Å². The molecular formula is C9H8F2O. The van der Waals surface area contributed by atoms with Gasteiger partial charge in [-0.15, -0.1) is 0 Å². The fourth-order valence-corrected chi connectivity index (χ4v) is 0.982. The Kier molecular flexibility index (Phi) is 2.22. The van der Waals surface area contributed by atoms with Crippen LogP contribution in [0.5, 0.6) is 0 Å². The van der Waals surface area contributed by atoms with Gasteiger partial charge in [-0.3, -0.25) is 4.79 Å². The van der Waals surface area contributed by atoms with Crippen LogP contribution in [-0.2, 0) is 0 Å². The third-order valence-electron chi connectivity index (χ3n) is 1.60. The first kappa shape index (κ1) is 8.84. The molecule has 0 fully saturated rings. The largest absolute Gasteiger partial charge is 0.294 e. The highest BCUT2D eigenvalue weighted by molar-refractivity contribution is 5.94. The van der Waals surface area contributed by atoms with Crippen molar-refractivity contribution in [3.05, 3.63) is 34.9 Å². The molecular weight excluding hydrogens is 162 g/mol. The molecule has 0 aliphatic heterocycles. The summed E-state index contributed by atoms with van der Waals surface area (Å²) in [5.74, 6) is -1.68. The van der Waals surface area contributed by atoms with Crippen molar-refractivity contribution in [3.63, 3.8) is 0 Å². The van der Waals surface area contributed by atoms with Crippen molar-refractivity contribution in [1.29, 1.82) is 0 Å². The molecule has 0 heterocycles. The normalized spacial score (nSPS) is 10.0. The second-order valence-electron chi connectivity index (χ2n) is 2.64. The zero-order valence-electron chi connectivity index (χ0n) is 6.82. The number of carbonyl (C=O) groups is 1. The van der Waals surface area contributed by atoms with Crippen LogP contribution in [0.4, 0.5) is 8.78 Å². The van der Waals surface area contributed by atoms with Gasteiger partial charge in [0.05, 0.1) is 5.56 Å². The average molecular weight is 170 g/mol. The maximum absolute atomic E-state index is 13.0. The number of Topliss-reactive ketones (excluding diaryl/α,β-unsaturated/α-hetero) is 1. The maximum atomic E-state index is 13.0. The number of aryl methyl sites for hydroxylation is 1. The van der Waals surface area contributed by atoms with Crippen molar-refractivity contribution in [3.8, 4) is 0 Å². The highest BCUT2D eigenvalue weighted by atomic mass is 19.1. The van der Waals surface area contributed by atoms with Gasteiger partial charge in [0.1, 0.15) is 11.6 Å². The summed E-state index contributed by atoms with van der Waals surface area (Å²) in [6.45, 7) is 2.63. The second-order valence-corrected chi connectivity index (χ2v) is 2.64. The number of rotatable bonds is 1. The van der Waals surface area contributed by atoms with Crippen LogP contribution in [0.3, 0.4) is 0 Å². The summed E-state index contributed by atoms with van der Waals surface area (Å²) in [6, 6.07) is 1.96. The van der Waals surface area contributed by atoms with Crippen molar-refractivity contribution < 1.29 is 13.6 Å². The molecule has 64 valence electrons. The Hall–Kier alpha value is -1.25. The molecule has 0 aromatic heterocycles. The monoisotopic (exact) mass is 170 g/mol. The lowest BCUT2D eigenvalue weighted by atomic mass is 10.1. The van der Waals surface area contributed by atoms with Gasteiger partial charge in [0.15, 0.2) is 5.78 Å². The van der Waals surface area contributed by atoms with E-state index in [0.29, 0.717) is 0 Å². The summed E-state index contributed by atoms with van der Waals surface area (Å²) in [4.78, 5) is 10.8. The molecule has 1 aromatic rings. The Morgan fingerprint density at radius 3 is 2.42 bits per heavy atom. The van der Waals surface area contributed by atoms with Gasteiger partial charge < -0.3 is 0 Å². The minimum absolute atomic E-state index is 0.153. The quantitative estimate of drug-likeness (QED) is 0.592. The molecule has 0 aliphatic carbocycles. The van der Waals surface area contributed by atoms with Crippen molar-refractivity contribution in [2.24, 2.45) is 0 Å². The molecule has 1 nitrogen and oxygen atoms in total. The van der Waals surface area contributed by atoms with Gasteiger partial charge in [-0.25, -0.2) is 8.78 Å². The van der Waals surface area contributed by atoms with E-state index in [1.54, 1.807) is 0 Å². The molecule has 0 unspecified atom stereocenters. The number of hydrogen-bond donors (Lipinski definition) is 0. The smallest absolute Gasteiger partial charge is 0.162 e. The highest BCUT2D eigenvalue weighted by Crippen LogP contribution is 2.14. The minimum Gasteiger partial charge on any atom is -0.294 e. The predicted octanol–water partition coefficient (Wildman–Crippen LogP) is 2.48.